The molecule has 0 aliphatic rings. The normalized spacial score (nSPS) is 11.9. The van der Waals surface area contributed by atoms with E-state index >= 15 is 0 Å². The summed E-state index contributed by atoms with van der Waals surface area (Å²) in [5.41, 5.74) is 2.08. The highest BCUT2D eigenvalue weighted by atomic mass is 16.6. The number of ether oxygens (including phenoxy) is 1. The summed E-state index contributed by atoms with van der Waals surface area (Å²) in [6.45, 7) is 10.8. The Hall–Kier alpha value is -1.84. The van der Waals surface area contributed by atoms with Gasteiger partial charge in [-0.15, -0.1) is 0 Å². The average molecular weight is 308 g/mol. The van der Waals surface area contributed by atoms with Crippen molar-refractivity contribution in [2.75, 3.05) is 0 Å². The minimum Gasteiger partial charge on any atom is -0.481 e. The molecule has 4 nitrogen and oxygen atoms in total. The molecule has 0 heterocycles. The SMILES string of the molecule is CC(=O)OC(C)(C)C.CCc1ccccc1CC(C)C(=O)O. The van der Waals surface area contributed by atoms with Crippen LogP contribution < -0.4 is 0 Å². The number of hydrogen-bond donors (Lipinski definition) is 1. The van der Waals surface area contributed by atoms with Crippen LogP contribution in [0.4, 0.5) is 0 Å². The Morgan fingerprint density at radius 3 is 2.00 bits per heavy atom. The zero-order valence-corrected chi connectivity index (χ0v) is 14.5. The van der Waals surface area contributed by atoms with E-state index < -0.39 is 5.97 Å². The number of aliphatic carboxylic acids is 1. The first-order valence-electron chi connectivity index (χ1n) is 7.56. The van der Waals surface area contributed by atoms with Crippen LogP contribution in [0.5, 0.6) is 0 Å². The lowest BCUT2D eigenvalue weighted by Gasteiger charge is -2.17. The third-order valence-electron chi connectivity index (χ3n) is 2.90. The van der Waals surface area contributed by atoms with E-state index in [0.717, 1.165) is 12.0 Å². The molecule has 0 bridgehead atoms. The fourth-order valence-corrected chi connectivity index (χ4v) is 1.95. The lowest BCUT2D eigenvalue weighted by atomic mass is 9.96. The number of carboxylic acids is 1. The second kappa shape index (κ2) is 9.23. The second-order valence-corrected chi connectivity index (χ2v) is 6.27. The molecule has 1 atom stereocenters. The Labute approximate surface area is 133 Å². The summed E-state index contributed by atoms with van der Waals surface area (Å²) in [6.07, 6.45) is 1.59. The molecule has 1 aromatic rings. The molecule has 0 aliphatic heterocycles. The van der Waals surface area contributed by atoms with Crippen LogP contribution in [0.25, 0.3) is 0 Å². The number of hydrogen-bond acceptors (Lipinski definition) is 3. The van der Waals surface area contributed by atoms with Gasteiger partial charge < -0.3 is 9.84 Å². The van der Waals surface area contributed by atoms with Gasteiger partial charge in [0, 0.05) is 6.92 Å². The molecule has 0 saturated heterocycles. The van der Waals surface area contributed by atoms with Gasteiger partial charge in [0.15, 0.2) is 0 Å². The smallest absolute Gasteiger partial charge is 0.306 e. The first-order valence-corrected chi connectivity index (χ1v) is 7.56. The van der Waals surface area contributed by atoms with E-state index in [2.05, 4.69) is 13.0 Å². The van der Waals surface area contributed by atoms with E-state index in [1.54, 1.807) is 6.92 Å². The molecular weight excluding hydrogens is 280 g/mol. The van der Waals surface area contributed by atoms with Gasteiger partial charge in [0.25, 0.3) is 0 Å². The van der Waals surface area contributed by atoms with Gasteiger partial charge in [0.2, 0.25) is 0 Å². The van der Waals surface area contributed by atoms with Crippen LogP contribution in [-0.2, 0) is 27.2 Å². The van der Waals surface area contributed by atoms with Crippen molar-refractivity contribution in [2.24, 2.45) is 5.92 Å². The minimum atomic E-state index is -0.726. The van der Waals surface area contributed by atoms with E-state index in [9.17, 15) is 9.59 Å². The average Bonchev–Trinajstić information content (AvgIpc) is 2.37. The fourth-order valence-electron chi connectivity index (χ4n) is 1.95. The summed E-state index contributed by atoms with van der Waals surface area (Å²) in [5.74, 6) is -1.25. The lowest BCUT2D eigenvalue weighted by molar-refractivity contribution is -0.152. The van der Waals surface area contributed by atoms with Gasteiger partial charge in [-0.25, -0.2) is 0 Å². The molecule has 0 radical (unpaired) electrons. The molecule has 0 aliphatic carbocycles. The third kappa shape index (κ3) is 9.16. The van der Waals surface area contributed by atoms with Crippen LogP contribution >= 0.6 is 0 Å². The number of rotatable bonds is 4. The predicted molar refractivity (Wildman–Crippen MR) is 87.8 cm³/mol. The maximum Gasteiger partial charge on any atom is 0.306 e. The quantitative estimate of drug-likeness (QED) is 0.858. The molecule has 1 rings (SSSR count). The van der Waals surface area contributed by atoms with Crippen molar-refractivity contribution < 1.29 is 19.4 Å². The zero-order chi connectivity index (χ0) is 17.3. The maximum atomic E-state index is 10.7. The summed E-state index contributed by atoms with van der Waals surface area (Å²) < 4.78 is 4.80. The Bertz CT molecular complexity index is 486. The van der Waals surface area contributed by atoms with Crippen molar-refractivity contribution >= 4 is 11.9 Å². The molecule has 0 spiro atoms. The third-order valence-corrected chi connectivity index (χ3v) is 2.90. The van der Waals surface area contributed by atoms with Crippen LogP contribution in [0.2, 0.25) is 0 Å². The predicted octanol–water partition coefficient (Wildman–Crippen LogP) is 3.86. The largest absolute Gasteiger partial charge is 0.481 e. The highest BCUT2D eigenvalue weighted by Gasteiger charge is 2.13. The molecule has 1 unspecified atom stereocenters. The summed E-state index contributed by atoms with van der Waals surface area (Å²) in [4.78, 5) is 20.9. The summed E-state index contributed by atoms with van der Waals surface area (Å²) in [6, 6.07) is 8.03. The molecule has 0 fully saturated rings. The molecule has 124 valence electrons. The molecule has 1 aromatic carbocycles. The van der Waals surface area contributed by atoms with Crippen molar-refractivity contribution in [1.29, 1.82) is 0 Å². The first kappa shape index (κ1) is 20.2. The van der Waals surface area contributed by atoms with Gasteiger partial charge in [0.1, 0.15) is 5.60 Å². The molecule has 4 heteroatoms. The number of carbonyl (C=O) groups excluding carboxylic acids is 1. The van der Waals surface area contributed by atoms with Gasteiger partial charge >= 0.3 is 11.9 Å². The molecule has 1 N–H and O–H groups in total. The summed E-state index contributed by atoms with van der Waals surface area (Å²) >= 11 is 0. The minimum absolute atomic E-state index is 0.225. The van der Waals surface area contributed by atoms with E-state index in [1.165, 1.54) is 12.5 Å². The van der Waals surface area contributed by atoms with Crippen molar-refractivity contribution in [2.45, 2.75) is 60.0 Å². The number of benzene rings is 1. The van der Waals surface area contributed by atoms with E-state index in [0.29, 0.717) is 6.42 Å². The van der Waals surface area contributed by atoms with E-state index in [-0.39, 0.29) is 17.5 Å². The summed E-state index contributed by atoms with van der Waals surface area (Å²) in [5, 5.41) is 8.81. The fraction of sp³-hybridized carbons (Fsp3) is 0.556. The Morgan fingerprint density at radius 1 is 1.18 bits per heavy atom. The van der Waals surface area contributed by atoms with Crippen LogP contribution in [-0.4, -0.2) is 22.6 Å². The monoisotopic (exact) mass is 308 g/mol. The Kier molecular flexibility index (Phi) is 8.46. The number of carboxylic acid groups (broad SMARTS) is 1. The van der Waals surface area contributed by atoms with E-state index in [4.69, 9.17) is 9.84 Å². The maximum absolute atomic E-state index is 10.7. The van der Waals surface area contributed by atoms with Crippen molar-refractivity contribution in [1.82, 2.24) is 0 Å². The second-order valence-electron chi connectivity index (χ2n) is 6.27. The van der Waals surface area contributed by atoms with Crippen molar-refractivity contribution in [3.05, 3.63) is 35.4 Å². The molecule has 22 heavy (non-hydrogen) atoms. The van der Waals surface area contributed by atoms with Crippen LogP contribution in [0.3, 0.4) is 0 Å². The van der Waals surface area contributed by atoms with Gasteiger partial charge in [0.05, 0.1) is 5.92 Å². The van der Waals surface area contributed by atoms with Gasteiger partial charge in [-0.1, -0.05) is 38.1 Å². The number of esters is 1. The number of carbonyl (C=O) groups is 2. The van der Waals surface area contributed by atoms with Crippen LogP contribution in [0.1, 0.15) is 52.7 Å². The van der Waals surface area contributed by atoms with Crippen LogP contribution in [0.15, 0.2) is 24.3 Å². The van der Waals surface area contributed by atoms with Crippen molar-refractivity contribution in [3.63, 3.8) is 0 Å². The molecule has 0 amide bonds. The van der Waals surface area contributed by atoms with E-state index in [1.807, 2.05) is 39.0 Å². The lowest BCUT2D eigenvalue weighted by Crippen LogP contribution is -2.21. The number of aryl methyl sites for hydroxylation is 1. The highest BCUT2D eigenvalue weighted by Crippen LogP contribution is 2.14. The van der Waals surface area contributed by atoms with Gasteiger partial charge in [-0.05, 0) is 44.7 Å². The summed E-state index contributed by atoms with van der Waals surface area (Å²) in [7, 11) is 0. The zero-order valence-electron chi connectivity index (χ0n) is 14.5. The van der Waals surface area contributed by atoms with Crippen LogP contribution in [0, 0.1) is 5.92 Å². The molecule has 0 saturated carbocycles. The Morgan fingerprint density at radius 2 is 1.68 bits per heavy atom. The highest BCUT2D eigenvalue weighted by molar-refractivity contribution is 5.70. The Balaban J connectivity index is 0.000000472. The van der Waals surface area contributed by atoms with Gasteiger partial charge in [-0.2, -0.15) is 0 Å². The van der Waals surface area contributed by atoms with Crippen molar-refractivity contribution in [3.8, 4) is 0 Å². The van der Waals surface area contributed by atoms with Gasteiger partial charge in [-0.3, -0.25) is 9.59 Å². The first-order chi connectivity index (χ1) is 10.1. The molecule has 0 aromatic heterocycles. The molecular formula is C18H28O4. The topological polar surface area (TPSA) is 63.6 Å². The standard InChI is InChI=1S/C12H16O2.C6H12O2/c1-3-10-6-4-5-7-11(10)8-9(2)12(13)14;1-5(7)8-6(2,3)4/h4-7,9H,3,8H2,1-2H3,(H,13,14);1-4H3.